The van der Waals surface area contributed by atoms with Gasteiger partial charge in [0.25, 0.3) is 0 Å². The molecule has 0 amide bonds. The van der Waals surface area contributed by atoms with Crippen LogP contribution in [-0.2, 0) is 9.47 Å². The number of fused-ring (bicyclic) bond motifs is 2. The molecule has 4 unspecified atom stereocenters. The molecule has 2 heterocycles. The molecule has 0 aliphatic carbocycles. The van der Waals surface area contributed by atoms with Crippen LogP contribution >= 0.6 is 0 Å². The van der Waals surface area contributed by atoms with Crippen molar-refractivity contribution in [2.24, 2.45) is 16.7 Å². The molecule has 2 aliphatic rings. The highest BCUT2D eigenvalue weighted by molar-refractivity contribution is 5.89. The van der Waals surface area contributed by atoms with Gasteiger partial charge in [0.05, 0.1) is 38.3 Å². The van der Waals surface area contributed by atoms with Crippen molar-refractivity contribution in [1.29, 1.82) is 21.2 Å². The summed E-state index contributed by atoms with van der Waals surface area (Å²) in [5.74, 6) is -1.53. The molecule has 4 atom stereocenters. The Bertz CT molecular complexity index is 942. The van der Waals surface area contributed by atoms with Crippen molar-refractivity contribution < 1.29 is 18.9 Å². The monoisotopic (exact) mass is 380 g/mol. The van der Waals surface area contributed by atoms with Crippen LogP contribution in [0.1, 0.15) is 31.9 Å². The maximum atomic E-state index is 10.1. The first-order valence-corrected chi connectivity index (χ1v) is 8.75. The molecule has 1 aromatic rings. The molecule has 3 rings (SSSR count). The number of nitriles is 3. The SMILES string of the molecule is CCC1C2(C)OC(=N)C1(C#N)C(C#N)(C#N)C(c1ccc(OC)cc1OC)O2. The van der Waals surface area contributed by atoms with Crippen molar-refractivity contribution in [1.82, 2.24) is 0 Å². The maximum absolute atomic E-state index is 10.1. The van der Waals surface area contributed by atoms with E-state index in [4.69, 9.17) is 24.4 Å². The molecule has 2 saturated heterocycles. The second kappa shape index (κ2) is 6.41. The average molecular weight is 380 g/mol. The Morgan fingerprint density at radius 2 is 1.82 bits per heavy atom. The average Bonchev–Trinajstić information content (AvgIpc) is 2.89. The summed E-state index contributed by atoms with van der Waals surface area (Å²) in [5.41, 5.74) is -3.37. The third-order valence-corrected chi connectivity index (χ3v) is 5.85. The normalized spacial score (nSPS) is 32.4. The lowest BCUT2D eigenvalue weighted by Gasteiger charge is -2.48. The highest BCUT2D eigenvalue weighted by Gasteiger charge is 2.79. The van der Waals surface area contributed by atoms with Gasteiger partial charge in [0.15, 0.2) is 5.41 Å². The quantitative estimate of drug-likeness (QED) is 0.848. The van der Waals surface area contributed by atoms with Gasteiger partial charge in [-0.2, -0.15) is 15.8 Å². The minimum Gasteiger partial charge on any atom is -0.497 e. The van der Waals surface area contributed by atoms with E-state index in [9.17, 15) is 15.8 Å². The summed E-state index contributed by atoms with van der Waals surface area (Å²) in [6.07, 6.45) is -0.775. The van der Waals surface area contributed by atoms with Gasteiger partial charge in [-0.15, -0.1) is 0 Å². The van der Waals surface area contributed by atoms with Gasteiger partial charge < -0.3 is 18.9 Å². The molecule has 0 saturated carbocycles. The number of hydrogen-bond donors (Lipinski definition) is 1. The van der Waals surface area contributed by atoms with Gasteiger partial charge in [-0.25, -0.2) is 0 Å². The molecule has 0 aromatic heterocycles. The zero-order valence-electron chi connectivity index (χ0n) is 16.1. The Kier molecular flexibility index (Phi) is 4.46. The molecular formula is C20H20N4O4. The standard InChI is InChI=1S/C20H20N4O4/c1-5-15-18(2)27-16(13-7-6-12(25-3)8-14(13)26-4)19(9-21,10-22)20(15,11-23)17(24)28-18/h6-8,15-16,24H,5H2,1-4H3. The molecule has 8 nitrogen and oxygen atoms in total. The van der Waals surface area contributed by atoms with Crippen LogP contribution in [0.4, 0.5) is 0 Å². The predicted octanol–water partition coefficient (Wildman–Crippen LogP) is 3.07. The molecule has 2 bridgehead atoms. The van der Waals surface area contributed by atoms with Crippen LogP contribution in [0.15, 0.2) is 18.2 Å². The number of ether oxygens (including phenoxy) is 4. The Balaban J connectivity index is 2.34. The molecule has 144 valence electrons. The smallest absolute Gasteiger partial charge is 0.214 e. The Hall–Kier alpha value is -3.28. The lowest BCUT2D eigenvalue weighted by atomic mass is 9.53. The summed E-state index contributed by atoms with van der Waals surface area (Å²) in [5, 5.41) is 38.8. The van der Waals surface area contributed by atoms with Crippen LogP contribution in [-0.4, -0.2) is 25.9 Å². The molecule has 8 heteroatoms. The molecule has 0 radical (unpaired) electrons. The lowest BCUT2D eigenvalue weighted by molar-refractivity contribution is -0.273. The van der Waals surface area contributed by atoms with Gasteiger partial charge >= 0.3 is 0 Å². The fourth-order valence-corrected chi connectivity index (χ4v) is 4.54. The molecule has 0 spiro atoms. The summed E-state index contributed by atoms with van der Waals surface area (Å²) in [6, 6.07) is 11.0. The molecule has 2 aliphatic heterocycles. The second-order valence-corrected chi connectivity index (χ2v) is 6.97. The van der Waals surface area contributed by atoms with Gasteiger partial charge in [-0.05, 0) is 18.6 Å². The minimum absolute atomic E-state index is 0.344. The van der Waals surface area contributed by atoms with Crippen LogP contribution < -0.4 is 9.47 Å². The van der Waals surface area contributed by atoms with Gasteiger partial charge in [0, 0.05) is 18.6 Å². The number of rotatable bonds is 4. The van der Waals surface area contributed by atoms with Crippen LogP contribution in [0, 0.1) is 56.2 Å². The van der Waals surface area contributed by atoms with Crippen molar-refractivity contribution in [3.05, 3.63) is 23.8 Å². The van der Waals surface area contributed by atoms with Gasteiger partial charge in [0.2, 0.25) is 17.1 Å². The number of benzene rings is 1. The fourth-order valence-electron chi connectivity index (χ4n) is 4.54. The minimum atomic E-state index is -2.00. The van der Waals surface area contributed by atoms with E-state index >= 15 is 0 Å². The Labute approximate surface area is 163 Å². The van der Waals surface area contributed by atoms with E-state index in [2.05, 4.69) is 6.07 Å². The Morgan fingerprint density at radius 3 is 2.32 bits per heavy atom. The summed E-state index contributed by atoms with van der Waals surface area (Å²) >= 11 is 0. The van der Waals surface area contributed by atoms with Crippen LogP contribution in [0.5, 0.6) is 11.5 Å². The van der Waals surface area contributed by atoms with Crippen molar-refractivity contribution >= 4 is 5.90 Å². The van der Waals surface area contributed by atoms with E-state index in [0.717, 1.165) is 0 Å². The highest BCUT2D eigenvalue weighted by Crippen LogP contribution is 2.67. The summed E-state index contributed by atoms with van der Waals surface area (Å²) in [4.78, 5) is 0. The van der Waals surface area contributed by atoms with Crippen molar-refractivity contribution in [2.75, 3.05) is 14.2 Å². The molecule has 1 aromatic carbocycles. The van der Waals surface area contributed by atoms with E-state index < -0.39 is 34.5 Å². The molecule has 1 N–H and O–H groups in total. The summed E-state index contributed by atoms with van der Waals surface area (Å²) < 4.78 is 22.5. The van der Waals surface area contributed by atoms with E-state index in [1.165, 1.54) is 14.2 Å². The van der Waals surface area contributed by atoms with Crippen LogP contribution in [0.3, 0.4) is 0 Å². The summed E-state index contributed by atoms with van der Waals surface area (Å²) in [7, 11) is 2.96. The lowest BCUT2D eigenvalue weighted by Crippen LogP contribution is -2.58. The van der Waals surface area contributed by atoms with Gasteiger partial charge in [-0.3, -0.25) is 5.41 Å². The van der Waals surface area contributed by atoms with Crippen molar-refractivity contribution in [3.8, 4) is 29.7 Å². The number of nitrogens with one attached hydrogen (secondary N) is 1. The first-order valence-electron chi connectivity index (χ1n) is 8.75. The zero-order valence-corrected chi connectivity index (χ0v) is 16.1. The summed E-state index contributed by atoms with van der Waals surface area (Å²) in [6.45, 7) is 3.45. The first-order chi connectivity index (χ1) is 13.3. The van der Waals surface area contributed by atoms with Gasteiger partial charge in [0.1, 0.15) is 17.6 Å². The third-order valence-electron chi connectivity index (χ3n) is 5.85. The topological polar surface area (TPSA) is 132 Å². The van der Waals surface area contributed by atoms with E-state index in [1.807, 2.05) is 19.1 Å². The van der Waals surface area contributed by atoms with Crippen molar-refractivity contribution in [3.63, 3.8) is 0 Å². The van der Waals surface area contributed by atoms with Crippen molar-refractivity contribution in [2.45, 2.75) is 32.2 Å². The Morgan fingerprint density at radius 1 is 1.14 bits per heavy atom. The number of hydrogen-bond acceptors (Lipinski definition) is 8. The van der Waals surface area contributed by atoms with Gasteiger partial charge in [-0.1, -0.05) is 6.92 Å². The molecular weight excluding hydrogens is 360 g/mol. The number of nitrogens with zero attached hydrogens (tertiary/aromatic N) is 3. The van der Waals surface area contributed by atoms with E-state index in [0.29, 0.717) is 23.5 Å². The number of methoxy groups -OCH3 is 2. The molecule has 2 fully saturated rings. The van der Waals surface area contributed by atoms with E-state index in [-0.39, 0.29) is 0 Å². The zero-order chi connectivity index (χ0) is 20.7. The molecule has 28 heavy (non-hydrogen) atoms. The van der Waals surface area contributed by atoms with Crippen LogP contribution in [0.25, 0.3) is 0 Å². The second-order valence-electron chi connectivity index (χ2n) is 6.97. The first kappa shape index (κ1) is 19.5. The highest BCUT2D eigenvalue weighted by atomic mass is 16.7. The third kappa shape index (κ3) is 2.08. The largest absolute Gasteiger partial charge is 0.497 e. The fraction of sp³-hybridized carbons (Fsp3) is 0.500. The van der Waals surface area contributed by atoms with E-state index in [1.54, 1.807) is 25.1 Å². The predicted molar refractivity (Wildman–Crippen MR) is 96.1 cm³/mol. The maximum Gasteiger partial charge on any atom is 0.214 e. The van der Waals surface area contributed by atoms with Crippen LogP contribution in [0.2, 0.25) is 0 Å².